The van der Waals surface area contributed by atoms with Gasteiger partial charge in [-0.2, -0.15) is 0 Å². The molecule has 1 rings (SSSR count). The van der Waals surface area contributed by atoms with Crippen LogP contribution in [0.25, 0.3) is 0 Å². The molecule has 1 aromatic rings. The molecule has 1 N–H and O–H groups in total. The number of benzene rings is 1. The number of aryl methyl sites for hydroxylation is 1. The van der Waals surface area contributed by atoms with E-state index in [0.717, 1.165) is 17.8 Å². The summed E-state index contributed by atoms with van der Waals surface area (Å²) < 4.78 is 0. The van der Waals surface area contributed by atoms with Crippen LogP contribution in [-0.4, -0.2) is 23.7 Å². The lowest BCUT2D eigenvalue weighted by Gasteiger charge is -2.29. The second-order valence-corrected chi connectivity index (χ2v) is 4.21. The van der Waals surface area contributed by atoms with Crippen LogP contribution < -0.4 is 4.90 Å². The molecular formula is C13H19NO2. The van der Waals surface area contributed by atoms with Gasteiger partial charge in [-0.15, -0.1) is 0 Å². The Labute approximate surface area is 96.7 Å². The molecule has 3 heteroatoms. The van der Waals surface area contributed by atoms with Gasteiger partial charge in [-0.3, -0.25) is 0 Å². The first-order valence-corrected chi connectivity index (χ1v) is 5.58. The topological polar surface area (TPSA) is 40.5 Å². The molecule has 0 saturated carbocycles. The maximum absolute atomic E-state index is 11.1. The highest BCUT2D eigenvalue weighted by Gasteiger charge is 2.16. The molecule has 0 atom stereocenters. The molecule has 0 aromatic heterocycles. The van der Waals surface area contributed by atoms with E-state index in [-0.39, 0.29) is 0 Å². The number of carbonyl (C=O) groups is 1. The Morgan fingerprint density at radius 1 is 1.44 bits per heavy atom. The molecule has 0 aliphatic carbocycles. The summed E-state index contributed by atoms with van der Waals surface area (Å²) in [6.07, 6.45) is 0. The van der Waals surface area contributed by atoms with Gasteiger partial charge in [0.05, 0.1) is 11.3 Å². The summed E-state index contributed by atoms with van der Waals surface area (Å²) in [4.78, 5) is 13.2. The van der Waals surface area contributed by atoms with Crippen LogP contribution in [0.2, 0.25) is 0 Å². The van der Waals surface area contributed by atoms with E-state index < -0.39 is 5.97 Å². The fraction of sp³-hybridized carbons (Fsp3) is 0.462. The van der Waals surface area contributed by atoms with Gasteiger partial charge in [-0.05, 0) is 45.4 Å². The molecule has 0 aliphatic rings. The number of aromatic carboxylic acids is 1. The van der Waals surface area contributed by atoms with E-state index in [1.807, 2.05) is 26.0 Å². The van der Waals surface area contributed by atoms with Crippen molar-refractivity contribution in [3.63, 3.8) is 0 Å². The van der Waals surface area contributed by atoms with E-state index in [4.69, 9.17) is 5.11 Å². The van der Waals surface area contributed by atoms with Crippen LogP contribution in [0.4, 0.5) is 5.69 Å². The summed E-state index contributed by atoms with van der Waals surface area (Å²) in [7, 11) is 0. The van der Waals surface area contributed by atoms with Crippen LogP contribution in [0.5, 0.6) is 0 Å². The Morgan fingerprint density at radius 3 is 2.50 bits per heavy atom. The van der Waals surface area contributed by atoms with Gasteiger partial charge in [-0.1, -0.05) is 6.07 Å². The van der Waals surface area contributed by atoms with Crippen molar-refractivity contribution in [3.05, 3.63) is 29.3 Å². The summed E-state index contributed by atoms with van der Waals surface area (Å²) in [5, 5.41) is 9.16. The summed E-state index contributed by atoms with van der Waals surface area (Å²) >= 11 is 0. The number of hydrogen-bond donors (Lipinski definition) is 1. The molecular weight excluding hydrogens is 202 g/mol. The monoisotopic (exact) mass is 221 g/mol. The minimum atomic E-state index is -0.867. The van der Waals surface area contributed by atoms with Crippen LogP contribution in [-0.2, 0) is 0 Å². The fourth-order valence-electron chi connectivity index (χ4n) is 1.87. The molecule has 0 amide bonds. The SMILES string of the molecule is CCN(c1cc(C)ccc1C(=O)O)C(C)C. The number of carboxylic acids is 1. The van der Waals surface area contributed by atoms with Crippen molar-refractivity contribution in [2.24, 2.45) is 0 Å². The minimum Gasteiger partial charge on any atom is -0.478 e. The lowest BCUT2D eigenvalue weighted by atomic mass is 10.1. The molecule has 88 valence electrons. The summed E-state index contributed by atoms with van der Waals surface area (Å²) in [5.41, 5.74) is 2.27. The van der Waals surface area contributed by atoms with Crippen LogP contribution in [0.1, 0.15) is 36.7 Å². The zero-order valence-corrected chi connectivity index (χ0v) is 10.3. The molecule has 0 unspecified atom stereocenters. The third kappa shape index (κ3) is 2.54. The Bertz CT molecular complexity index is 386. The first-order chi connectivity index (χ1) is 7.47. The number of hydrogen-bond acceptors (Lipinski definition) is 2. The number of anilines is 1. The highest BCUT2D eigenvalue weighted by Crippen LogP contribution is 2.24. The Morgan fingerprint density at radius 2 is 2.06 bits per heavy atom. The van der Waals surface area contributed by atoms with E-state index in [1.54, 1.807) is 6.07 Å². The van der Waals surface area contributed by atoms with E-state index in [0.29, 0.717) is 11.6 Å². The van der Waals surface area contributed by atoms with E-state index in [1.165, 1.54) is 0 Å². The Kier molecular flexibility index (Phi) is 3.93. The first kappa shape index (κ1) is 12.6. The second-order valence-electron chi connectivity index (χ2n) is 4.21. The van der Waals surface area contributed by atoms with Gasteiger partial charge in [0.1, 0.15) is 0 Å². The molecule has 3 nitrogen and oxygen atoms in total. The molecule has 1 aromatic carbocycles. The summed E-state index contributed by atoms with van der Waals surface area (Å²) in [6.45, 7) is 8.95. The minimum absolute atomic E-state index is 0.296. The third-order valence-electron chi connectivity index (χ3n) is 2.66. The van der Waals surface area contributed by atoms with Crippen molar-refractivity contribution in [1.29, 1.82) is 0 Å². The molecule has 0 heterocycles. The van der Waals surface area contributed by atoms with Crippen LogP contribution in [0.15, 0.2) is 18.2 Å². The van der Waals surface area contributed by atoms with Crippen molar-refractivity contribution in [3.8, 4) is 0 Å². The van der Waals surface area contributed by atoms with Crippen LogP contribution in [0.3, 0.4) is 0 Å². The van der Waals surface area contributed by atoms with Crippen molar-refractivity contribution >= 4 is 11.7 Å². The lowest BCUT2D eigenvalue weighted by molar-refractivity contribution is 0.0697. The zero-order chi connectivity index (χ0) is 12.3. The van der Waals surface area contributed by atoms with E-state index in [2.05, 4.69) is 18.7 Å². The Balaban J connectivity index is 3.27. The molecule has 16 heavy (non-hydrogen) atoms. The van der Waals surface area contributed by atoms with Gasteiger partial charge in [0.15, 0.2) is 0 Å². The number of nitrogens with zero attached hydrogens (tertiary/aromatic N) is 1. The zero-order valence-electron chi connectivity index (χ0n) is 10.3. The van der Waals surface area contributed by atoms with Crippen LogP contribution in [0, 0.1) is 6.92 Å². The van der Waals surface area contributed by atoms with Gasteiger partial charge in [0.25, 0.3) is 0 Å². The summed E-state index contributed by atoms with van der Waals surface area (Å²) in [6, 6.07) is 5.75. The number of carboxylic acid groups (broad SMARTS) is 1. The molecule has 0 spiro atoms. The Hall–Kier alpha value is -1.51. The quantitative estimate of drug-likeness (QED) is 0.849. The maximum Gasteiger partial charge on any atom is 0.337 e. The van der Waals surface area contributed by atoms with Gasteiger partial charge >= 0.3 is 5.97 Å². The largest absolute Gasteiger partial charge is 0.478 e. The highest BCUT2D eigenvalue weighted by atomic mass is 16.4. The average molecular weight is 221 g/mol. The first-order valence-electron chi connectivity index (χ1n) is 5.58. The second kappa shape index (κ2) is 5.01. The van der Waals surface area contributed by atoms with Crippen molar-refractivity contribution in [1.82, 2.24) is 0 Å². The van der Waals surface area contributed by atoms with E-state index >= 15 is 0 Å². The van der Waals surface area contributed by atoms with Crippen molar-refractivity contribution < 1.29 is 9.90 Å². The summed E-state index contributed by atoms with van der Waals surface area (Å²) in [5.74, 6) is -0.867. The highest BCUT2D eigenvalue weighted by molar-refractivity contribution is 5.94. The third-order valence-corrected chi connectivity index (χ3v) is 2.66. The van der Waals surface area contributed by atoms with Crippen molar-refractivity contribution in [2.45, 2.75) is 33.7 Å². The van der Waals surface area contributed by atoms with Gasteiger partial charge in [0, 0.05) is 12.6 Å². The molecule has 0 saturated heterocycles. The van der Waals surface area contributed by atoms with E-state index in [9.17, 15) is 4.79 Å². The van der Waals surface area contributed by atoms with Gasteiger partial charge in [0.2, 0.25) is 0 Å². The van der Waals surface area contributed by atoms with Gasteiger partial charge < -0.3 is 10.0 Å². The maximum atomic E-state index is 11.1. The smallest absolute Gasteiger partial charge is 0.337 e. The predicted molar refractivity (Wildman–Crippen MR) is 66.3 cm³/mol. The lowest BCUT2D eigenvalue weighted by Crippen LogP contribution is -2.31. The van der Waals surface area contributed by atoms with Crippen molar-refractivity contribution in [2.75, 3.05) is 11.4 Å². The van der Waals surface area contributed by atoms with Gasteiger partial charge in [-0.25, -0.2) is 4.79 Å². The molecule has 0 aliphatic heterocycles. The molecule has 0 radical (unpaired) electrons. The normalized spacial score (nSPS) is 10.6. The fourth-order valence-corrected chi connectivity index (χ4v) is 1.87. The number of rotatable bonds is 4. The molecule has 0 bridgehead atoms. The van der Waals surface area contributed by atoms with Crippen LogP contribution >= 0.6 is 0 Å². The standard InChI is InChI=1S/C13H19NO2/c1-5-14(9(2)3)12-8-10(4)6-7-11(12)13(15)16/h6-9H,5H2,1-4H3,(H,15,16). The average Bonchev–Trinajstić information content (AvgIpc) is 2.17. The predicted octanol–water partition coefficient (Wildman–Crippen LogP) is 2.93. The molecule has 0 fully saturated rings.